The molecular weight excluding hydrogens is 524 g/mol. The summed E-state index contributed by atoms with van der Waals surface area (Å²) < 4.78 is 16.5. The fraction of sp³-hybridized carbons (Fsp3) is 0.125. The van der Waals surface area contributed by atoms with Gasteiger partial charge < -0.3 is 14.2 Å². The van der Waals surface area contributed by atoms with E-state index in [4.69, 9.17) is 14.2 Å². The molecule has 0 bridgehead atoms. The Labute approximate surface area is 235 Å². The maximum absolute atomic E-state index is 13.3. The largest absolute Gasteiger partial charge is 0.493 e. The molecule has 9 heteroatoms. The third-order valence-corrected chi connectivity index (χ3v) is 6.50. The molecule has 0 radical (unpaired) electrons. The lowest BCUT2D eigenvalue weighted by Gasteiger charge is -2.26. The summed E-state index contributed by atoms with van der Waals surface area (Å²) >= 11 is 0. The molecule has 206 valence electrons. The second-order valence-corrected chi connectivity index (χ2v) is 9.06. The van der Waals surface area contributed by atoms with Crippen molar-refractivity contribution in [3.05, 3.63) is 107 Å². The third kappa shape index (κ3) is 5.65. The highest BCUT2D eigenvalue weighted by atomic mass is 16.5. The highest BCUT2D eigenvalue weighted by Crippen LogP contribution is 2.31. The van der Waals surface area contributed by atoms with E-state index < -0.39 is 23.8 Å². The van der Waals surface area contributed by atoms with Crippen molar-refractivity contribution in [2.45, 2.75) is 13.5 Å². The Morgan fingerprint density at radius 1 is 0.902 bits per heavy atom. The van der Waals surface area contributed by atoms with E-state index in [0.717, 1.165) is 21.2 Å². The third-order valence-electron chi connectivity index (χ3n) is 6.50. The minimum absolute atomic E-state index is 0.189. The number of methoxy groups -OCH3 is 1. The highest BCUT2D eigenvalue weighted by Gasteiger charge is 2.37. The second-order valence-electron chi connectivity index (χ2n) is 9.06. The lowest BCUT2D eigenvalue weighted by Crippen LogP contribution is -2.54. The first-order chi connectivity index (χ1) is 19.9. The number of hydrogen-bond donors (Lipinski definition) is 1. The Morgan fingerprint density at radius 3 is 2.41 bits per heavy atom. The fourth-order valence-corrected chi connectivity index (χ4v) is 4.49. The maximum atomic E-state index is 13.3. The number of benzene rings is 4. The fourth-order valence-electron chi connectivity index (χ4n) is 4.49. The van der Waals surface area contributed by atoms with Gasteiger partial charge in [-0.05, 0) is 71.3 Å². The van der Waals surface area contributed by atoms with E-state index in [1.54, 1.807) is 25.1 Å². The monoisotopic (exact) mass is 550 g/mol. The van der Waals surface area contributed by atoms with Crippen molar-refractivity contribution in [1.29, 1.82) is 0 Å². The molecule has 0 saturated carbocycles. The number of fused-ring (bicyclic) bond motifs is 1. The van der Waals surface area contributed by atoms with Crippen LogP contribution in [0.4, 0.5) is 10.5 Å². The van der Waals surface area contributed by atoms with Crippen LogP contribution >= 0.6 is 0 Å². The molecule has 1 heterocycles. The van der Waals surface area contributed by atoms with Crippen LogP contribution in [0.25, 0.3) is 16.8 Å². The number of amides is 4. The van der Waals surface area contributed by atoms with Crippen molar-refractivity contribution in [1.82, 2.24) is 5.32 Å². The molecule has 4 aromatic carbocycles. The number of hydrogen-bond acceptors (Lipinski definition) is 7. The van der Waals surface area contributed by atoms with E-state index in [1.807, 2.05) is 42.5 Å². The summed E-state index contributed by atoms with van der Waals surface area (Å²) in [5, 5.41) is 4.39. The summed E-state index contributed by atoms with van der Waals surface area (Å²) in [5.74, 6) is -1.26. The zero-order valence-corrected chi connectivity index (χ0v) is 22.4. The molecule has 4 amide bonds. The zero-order valence-electron chi connectivity index (χ0n) is 22.4. The number of anilines is 1. The molecule has 4 aromatic rings. The van der Waals surface area contributed by atoms with E-state index in [9.17, 15) is 19.2 Å². The summed E-state index contributed by atoms with van der Waals surface area (Å²) in [7, 11) is 1.50. The van der Waals surface area contributed by atoms with Gasteiger partial charge >= 0.3 is 12.0 Å². The maximum Gasteiger partial charge on any atom is 0.338 e. The molecule has 0 aromatic heterocycles. The van der Waals surface area contributed by atoms with E-state index in [2.05, 4.69) is 5.32 Å². The number of carbonyl (C=O) groups excluding carboxylic acids is 4. The number of nitrogens with zero attached hydrogens (tertiary/aromatic N) is 1. The van der Waals surface area contributed by atoms with Gasteiger partial charge in [0.05, 0.1) is 25.0 Å². The minimum Gasteiger partial charge on any atom is -0.493 e. The summed E-state index contributed by atoms with van der Waals surface area (Å²) in [5.41, 5.74) is 1.71. The molecule has 0 unspecified atom stereocenters. The summed E-state index contributed by atoms with van der Waals surface area (Å²) in [6.45, 7) is 2.22. The lowest BCUT2D eigenvalue weighted by molar-refractivity contribution is -0.122. The zero-order chi connectivity index (χ0) is 28.9. The molecule has 41 heavy (non-hydrogen) atoms. The molecule has 1 fully saturated rings. The molecule has 0 aliphatic carbocycles. The lowest BCUT2D eigenvalue weighted by atomic mass is 10.1. The summed E-state index contributed by atoms with van der Waals surface area (Å²) in [6.07, 6.45) is 1.38. The van der Waals surface area contributed by atoms with Crippen LogP contribution in [0.3, 0.4) is 0 Å². The standard InChI is InChI=1S/C32H26N2O7/c1-3-40-31(37)22-12-14-24(15-13-22)34-30(36)26(29(35)33-32(34)38)17-20-11-16-27(28(18-20)39-2)41-19-23-9-6-8-21-7-4-5-10-25(21)23/h4-18H,3,19H2,1-2H3,(H,33,35,38)/b26-17+. The molecule has 9 nitrogen and oxygen atoms in total. The first-order valence-corrected chi connectivity index (χ1v) is 12.9. The van der Waals surface area contributed by atoms with Crippen molar-refractivity contribution in [3.8, 4) is 11.5 Å². The number of esters is 1. The Bertz CT molecular complexity index is 1690. The predicted molar refractivity (Wildman–Crippen MR) is 153 cm³/mol. The van der Waals surface area contributed by atoms with Gasteiger partial charge in [-0.2, -0.15) is 0 Å². The first kappa shape index (κ1) is 27.1. The van der Waals surface area contributed by atoms with Crippen molar-refractivity contribution >= 4 is 46.4 Å². The van der Waals surface area contributed by atoms with Crippen molar-refractivity contribution in [2.75, 3.05) is 18.6 Å². The van der Waals surface area contributed by atoms with Crippen molar-refractivity contribution in [3.63, 3.8) is 0 Å². The second kappa shape index (κ2) is 11.7. The van der Waals surface area contributed by atoms with Gasteiger partial charge in [0, 0.05) is 0 Å². The number of ether oxygens (including phenoxy) is 3. The Morgan fingerprint density at radius 2 is 1.66 bits per heavy atom. The summed E-state index contributed by atoms with van der Waals surface area (Å²) in [6, 6.07) is 23.9. The van der Waals surface area contributed by atoms with Crippen LogP contribution in [0.1, 0.15) is 28.4 Å². The number of nitrogens with one attached hydrogen (secondary N) is 1. The van der Waals surface area contributed by atoms with E-state index in [-0.39, 0.29) is 23.4 Å². The minimum atomic E-state index is -0.893. The van der Waals surface area contributed by atoms with Crippen molar-refractivity contribution < 1.29 is 33.4 Å². The van der Waals surface area contributed by atoms with Crippen LogP contribution in [-0.2, 0) is 20.9 Å². The molecule has 5 rings (SSSR count). The normalized spacial score (nSPS) is 14.2. The van der Waals surface area contributed by atoms with Gasteiger partial charge in [0.2, 0.25) is 0 Å². The molecule has 1 N–H and O–H groups in total. The molecule has 0 spiro atoms. The van der Waals surface area contributed by atoms with E-state index in [1.165, 1.54) is 37.5 Å². The molecule has 1 aliphatic heterocycles. The van der Waals surface area contributed by atoms with Gasteiger partial charge in [0.15, 0.2) is 11.5 Å². The van der Waals surface area contributed by atoms with Gasteiger partial charge in [0.1, 0.15) is 12.2 Å². The first-order valence-electron chi connectivity index (χ1n) is 12.9. The molecule has 1 aliphatic rings. The number of urea groups is 1. The SMILES string of the molecule is CCOC(=O)c1ccc(N2C(=O)NC(=O)/C(=C\c3ccc(OCc4cccc5ccccc45)c(OC)c3)C2=O)cc1. The van der Waals surface area contributed by atoms with E-state index in [0.29, 0.717) is 23.7 Å². The van der Waals surface area contributed by atoms with Gasteiger partial charge in [0.25, 0.3) is 11.8 Å². The molecule has 0 atom stereocenters. The van der Waals surface area contributed by atoms with Crippen LogP contribution in [-0.4, -0.2) is 37.5 Å². The Balaban J connectivity index is 1.37. The average Bonchev–Trinajstić information content (AvgIpc) is 2.98. The van der Waals surface area contributed by atoms with Crippen LogP contribution in [0.5, 0.6) is 11.5 Å². The van der Waals surface area contributed by atoms with Crippen LogP contribution in [0.15, 0.2) is 90.5 Å². The smallest absolute Gasteiger partial charge is 0.338 e. The quantitative estimate of drug-likeness (QED) is 0.181. The van der Waals surface area contributed by atoms with E-state index >= 15 is 0 Å². The highest BCUT2D eigenvalue weighted by molar-refractivity contribution is 6.39. The van der Waals surface area contributed by atoms with Gasteiger partial charge in [-0.3, -0.25) is 14.9 Å². The number of carbonyl (C=O) groups is 4. The van der Waals surface area contributed by atoms with Gasteiger partial charge in [-0.25, -0.2) is 14.5 Å². The number of rotatable bonds is 8. The molecular formula is C32H26N2O7. The molecule has 1 saturated heterocycles. The van der Waals surface area contributed by atoms with Crippen LogP contribution in [0, 0.1) is 0 Å². The average molecular weight is 551 g/mol. The van der Waals surface area contributed by atoms with Gasteiger partial charge in [-0.1, -0.05) is 48.5 Å². The van der Waals surface area contributed by atoms with Gasteiger partial charge in [-0.15, -0.1) is 0 Å². The number of barbiturate groups is 1. The van der Waals surface area contributed by atoms with Crippen LogP contribution in [0.2, 0.25) is 0 Å². The summed E-state index contributed by atoms with van der Waals surface area (Å²) in [4.78, 5) is 51.3. The van der Waals surface area contributed by atoms with Crippen molar-refractivity contribution in [2.24, 2.45) is 0 Å². The number of imide groups is 2. The van der Waals surface area contributed by atoms with Crippen LogP contribution < -0.4 is 19.7 Å². The Kier molecular flexibility index (Phi) is 7.78. The predicted octanol–water partition coefficient (Wildman–Crippen LogP) is 5.27. The Hall–Kier alpha value is -5.44. The topological polar surface area (TPSA) is 111 Å².